The van der Waals surface area contributed by atoms with Crippen LogP contribution in [0.4, 0.5) is 4.39 Å². The Kier molecular flexibility index (Phi) is 3.79. The standard InChI is InChI=1S/C21H24FN/c1-14(2)23-18-9-7-6-8-17(18)19(20(23)21(3,4)5)15-10-12-16(22)13-11-15/h6-14H,1-5H3. The van der Waals surface area contributed by atoms with Gasteiger partial charge < -0.3 is 4.57 Å². The quantitative estimate of drug-likeness (QED) is 0.521. The van der Waals surface area contributed by atoms with E-state index in [4.69, 9.17) is 0 Å². The van der Waals surface area contributed by atoms with Crippen molar-refractivity contribution in [3.63, 3.8) is 0 Å². The zero-order valence-corrected chi connectivity index (χ0v) is 14.5. The lowest BCUT2D eigenvalue weighted by Crippen LogP contribution is -2.20. The van der Waals surface area contributed by atoms with Crippen molar-refractivity contribution in [2.75, 3.05) is 0 Å². The summed E-state index contributed by atoms with van der Waals surface area (Å²) in [6, 6.07) is 15.7. The Morgan fingerprint density at radius 2 is 1.52 bits per heavy atom. The number of nitrogens with zero attached hydrogens (tertiary/aromatic N) is 1. The molecule has 2 heteroatoms. The topological polar surface area (TPSA) is 4.93 Å². The van der Waals surface area contributed by atoms with Crippen molar-refractivity contribution in [2.45, 2.75) is 46.1 Å². The molecule has 0 unspecified atom stereocenters. The van der Waals surface area contributed by atoms with Crippen LogP contribution in [0.25, 0.3) is 22.0 Å². The van der Waals surface area contributed by atoms with Gasteiger partial charge in [-0.05, 0) is 37.6 Å². The number of hydrogen-bond acceptors (Lipinski definition) is 0. The predicted octanol–water partition coefficient (Wildman–Crippen LogP) is 6.33. The van der Waals surface area contributed by atoms with Gasteiger partial charge in [-0.1, -0.05) is 51.1 Å². The molecule has 0 saturated heterocycles. The lowest BCUT2D eigenvalue weighted by atomic mass is 9.86. The summed E-state index contributed by atoms with van der Waals surface area (Å²) >= 11 is 0. The van der Waals surface area contributed by atoms with Crippen molar-refractivity contribution >= 4 is 10.9 Å². The number of aromatic nitrogens is 1. The van der Waals surface area contributed by atoms with Gasteiger partial charge in [-0.25, -0.2) is 4.39 Å². The molecule has 23 heavy (non-hydrogen) atoms. The Hall–Kier alpha value is -2.09. The van der Waals surface area contributed by atoms with Crippen molar-refractivity contribution in [1.82, 2.24) is 4.57 Å². The van der Waals surface area contributed by atoms with Crippen molar-refractivity contribution in [3.05, 3.63) is 60.0 Å². The van der Waals surface area contributed by atoms with Gasteiger partial charge in [0.15, 0.2) is 0 Å². The van der Waals surface area contributed by atoms with Crippen LogP contribution in [0.2, 0.25) is 0 Å². The van der Waals surface area contributed by atoms with Crippen LogP contribution in [0.5, 0.6) is 0 Å². The Bertz CT molecular complexity index is 833. The molecule has 1 heterocycles. The maximum atomic E-state index is 13.4. The first-order valence-electron chi connectivity index (χ1n) is 8.20. The van der Waals surface area contributed by atoms with E-state index in [-0.39, 0.29) is 11.2 Å². The van der Waals surface area contributed by atoms with E-state index in [1.807, 2.05) is 12.1 Å². The molecule has 0 atom stereocenters. The van der Waals surface area contributed by atoms with Gasteiger partial charge in [-0.15, -0.1) is 0 Å². The van der Waals surface area contributed by atoms with Gasteiger partial charge in [0.1, 0.15) is 5.82 Å². The summed E-state index contributed by atoms with van der Waals surface area (Å²) in [6.45, 7) is 11.2. The highest BCUT2D eigenvalue weighted by molar-refractivity contribution is 5.98. The van der Waals surface area contributed by atoms with Crippen molar-refractivity contribution in [3.8, 4) is 11.1 Å². The first kappa shape index (κ1) is 15.8. The molecule has 2 aromatic carbocycles. The Labute approximate surface area is 137 Å². The zero-order chi connectivity index (χ0) is 16.8. The minimum atomic E-state index is -0.196. The molecule has 0 bridgehead atoms. The molecule has 1 aromatic heterocycles. The maximum absolute atomic E-state index is 13.4. The van der Waals surface area contributed by atoms with Crippen LogP contribution in [-0.2, 0) is 5.41 Å². The van der Waals surface area contributed by atoms with Crippen LogP contribution < -0.4 is 0 Å². The Morgan fingerprint density at radius 1 is 0.913 bits per heavy atom. The average molecular weight is 309 g/mol. The van der Waals surface area contributed by atoms with Crippen molar-refractivity contribution in [1.29, 1.82) is 0 Å². The Morgan fingerprint density at radius 3 is 2.09 bits per heavy atom. The van der Waals surface area contributed by atoms with Gasteiger partial charge in [0.25, 0.3) is 0 Å². The largest absolute Gasteiger partial charge is 0.341 e. The van der Waals surface area contributed by atoms with E-state index >= 15 is 0 Å². The molecule has 0 aliphatic carbocycles. The van der Waals surface area contributed by atoms with E-state index in [9.17, 15) is 4.39 Å². The van der Waals surface area contributed by atoms with Gasteiger partial charge in [0.2, 0.25) is 0 Å². The maximum Gasteiger partial charge on any atom is 0.123 e. The fourth-order valence-electron chi connectivity index (χ4n) is 3.45. The van der Waals surface area contributed by atoms with E-state index in [2.05, 4.69) is 63.5 Å². The van der Waals surface area contributed by atoms with Crippen LogP contribution in [0, 0.1) is 5.82 Å². The first-order chi connectivity index (χ1) is 10.8. The fourth-order valence-corrected chi connectivity index (χ4v) is 3.45. The minimum Gasteiger partial charge on any atom is -0.341 e. The van der Waals surface area contributed by atoms with Gasteiger partial charge >= 0.3 is 0 Å². The molecule has 1 nitrogen and oxygen atoms in total. The number of benzene rings is 2. The predicted molar refractivity (Wildman–Crippen MR) is 96.4 cm³/mol. The summed E-state index contributed by atoms with van der Waals surface area (Å²) in [5, 5.41) is 1.23. The normalized spacial score (nSPS) is 12.3. The average Bonchev–Trinajstić information content (AvgIpc) is 2.83. The second-order valence-electron chi connectivity index (χ2n) is 7.46. The summed E-state index contributed by atoms with van der Waals surface area (Å²) in [5.74, 6) is -0.196. The first-order valence-corrected chi connectivity index (χ1v) is 8.20. The van der Waals surface area contributed by atoms with Crippen LogP contribution in [0.1, 0.15) is 46.4 Å². The van der Waals surface area contributed by atoms with Crippen molar-refractivity contribution in [2.24, 2.45) is 0 Å². The summed E-state index contributed by atoms with van der Waals surface area (Å²) in [6.07, 6.45) is 0. The number of hydrogen-bond donors (Lipinski definition) is 0. The van der Waals surface area contributed by atoms with Crippen LogP contribution >= 0.6 is 0 Å². The highest BCUT2D eigenvalue weighted by Gasteiger charge is 2.28. The molecule has 0 saturated carbocycles. The molecule has 0 amide bonds. The Balaban J connectivity index is 2.46. The van der Waals surface area contributed by atoms with E-state index in [1.165, 1.54) is 22.2 Å². The summed E-state index contributed by atoms with van der Waals surface area (Å²) < 4.78 is 15.8. The van der Waals surface area contributed by atoms with Crippen molar-refractivity contribution < 1.29 is 4.39 Å². The molecule has 0 fully saturated rings. The van der Waals surface area contributed by atoms with E-state index in [0.29, 0.717) is 6.04 Å². The third-order valence-electron chi connectivity index (χ3n) is 4.27. The van der Waals surface area contributed by atoms with Gasteiger partial charge in [-0.2, -0.15) is 0 Å². The molecule has 3 rings (SSSR count). The van der Waals surface area contributed by atoms with Crippen LogP contribution in [0.3, 0.4) is 0 Å². The van der Waals surface area contributed by atoms with E-state index in [0.717, 1.165) is 5.56 Å². The highest BCUT2D eigenvalue weighted by Crippen LogP contribution is 2.42. The molecule has 0 radical (unpaired) electrons. The summed E-state index contributed by atoms with van der Waals surface area (Å²) in [5.41, 5.74) is 4.84. The molecule has 0 aliphatic heterocycles. The summed E-state index contributed by atoms with van der Waals surface area (Å²) in [4.78, 5) is 0. The molecule has 0 spiro atoms. The number of fused-ring (bicyclic) bond motifs is 1. The molecule has 0 N–H and O–H groups in total. The lowest BCUT2D eigenvalue weighted by Gasteiger charge is -2.26. The number of rotatable bonds is 2. The third kappa shape index (κ3) is 2.67. The number of halogens is 1. The van der Waals surface area contributed by atoms with E-state index < -0.39 is 0 Å². The number of para-hydroxylation sites is 1. The smallest absolute Gasteiger partial charge is 0.123 e. The van der Waals surface area contributed by atoms with Crippen LogP contribution in [-0.4, -0.2) is 4.57 Å². The minimum absolute atomic E-state index is 0.00694. The second-order valence-corrected chi connectivity index (χ2v) is 7.46. The molecule has 3 aromatic rings. The second kappa shape index (κ2) is 5.52. The summed E-state index contributed by atoms with van der Waals surface area (Å²) in [7, 11) is 0. The highest BCUT2D eigenvalue weighted by atomic mass is 19.1. The molecule has 120 valence electrons. The SMILES string of the molecule is CC(C)n1c(C(C)(C)C)c(-c2ccc(F)cc2)c2ccccc21. The van der Waals surface area contributed by atoms with Crippen LogP contribution in [0.15, 0.2) is 48.5 Å². The monoisotopic (exact) mass is 309 g/mol. The zero-order valence-electron chi connectivity index (χ0n) is 14.5. The lowest BCUT2D eigenvalue weighted by molar-refractivity contribution is 0.495. The molecular formula is C21H24FN. The van der Waals surface area contributed by atoms with Gasteiger partial charge in [0, 0.05) is 33.6 Å². The van der Waals surface area contributed by atoms with Gasteiger partial charge in [-0.3, -0.25) is 0 Å². The molecule has 0 aliphatic rings. The van der Waals surface area contributed by atoms with Gasteiger partial charge in [0.05, 0.1) is 0 Å². The fraction of sp³-hybridized carbons (Fsp3) is 0.333. The third-order valence-corrected chi connectivity index (χ3v) is 4.27. The van der Waals surface area contributed by atoms with E-state index in [1.54, 1.807) is 12.1 Å². The molecular weight excluding hydrogens is 285 g/mol.